The van der Waals surface area contributed by atoms with Crippen LogP contribution in [0.25, 0.3) is 0 Å². The van der Waals surface area contributed by atoms with Crippen LogP contribution >= 0.6 is 0 Å². The van der Waals surface area contributed by atoms with Crippen molar-refractivity contribution in [3.63, 3.8) is 0 Å². The maximum Gasteiger partial charge on any atom is 0.234 e. The summed E-state index contributed by atoms with van der Waals surface area (Å²) in [6.45, 7) is 1.99. The molecule has 0 fully saturated rings. The van der Waals surface area contributed by atoms with E-state index in [0.29, 0.717) is 25.3 Å². The number of nitrogens with one attached hydrogen (secondary N) is 2. The average Bonchev–Trinajstić information content (AvgIpc) is 2.45. The van der Waals surface area contributed by atoms with Crippen molar-refractivity contribution in [2.45, 2.75) is 13.2 Å². The van der Waals surface area contributed by atoms with Crippen molar-refractivity contribution in [1.82, 2.24) is 10.6 Å². The van der Waals surface area contributed by atoms with Gasteiger partial charge in [-0.15, -0.1) is 0 Å². The molecule has 0 atom stereocenters. The van der Waals surface area contributed by atoms with Gasteiger partial charge in [0.05, 0.1) is 19.8 Å². The summed E-state index contributed by atoms with van der Waals surface area (Å²) in [7, 11) is 3.12. The number of halogens is 1. The lowest BCUT2D eigenvalue weighted by atomic mass is 10.1. The molecule has 0 saturated heterocycles. The zero-order valence-corrected chi connectivity index (χ0v) is 11.9. The number of carbonyl (C=O) groups is 1. The lowest BCUT2D eigenvalue weighted by Crippen LogP contribution is -2.34. The van der Waals surface area contributed by atoms with Gasteiger partial charge in [-0.3, -0.25) is 4.79 Å². The Morgan fingerprint density at radius 2 is 2.10 bits per heavy atom. The molecule has 0 aliphatic carbocycles. The van der Waals surface area contributed by atoms with Crippen molar-refractivity contribution < 1.29 is 18.7 Å². The molecule has 1 rings (SSSR count). The summed E-state index contributed by atoms with van der Waals surface area (Å²) in [6.07, 6.45) is 0. The van der Waals surface area contributed by atoms with Crippen molar-refractivity contribution in [2.75, 3.05) is 33.9 Å². The van der Waals surface area contributed by atoms with Crippen LogP contribution in [0.3, 0.4) is 0 Å². The molecular weight excluding hydrogens is 263 g/mol. The van der Waals surface area contributed by atoms with E-state index in [1.54, 1.807) is 19.2 Å². The van der Waals surface area contributed by atoms with Crippen LogP contribution < -0.4 is 10.6 Å². The van der Waals surface area contributed by atoms with Gasteiger partial charge in [0.15, 0.2) is 0 Å². The lowest BCUT2D eigenvalue weighted by Gasteiger charge is -2.08. The van der Waals surface area contributed by atoms with Crippen LogP contribution in [0.4, 0.5) is 4.39 Å². The summed E-state index contributed by atoms with van der Waals surface area (Å²) in [5, 5.41) is 5.71. The summed E-state index contributed by atoms with van der Waals surface area (Å²) in [5.74, 6) is -0.415. The number of carbonyl (C=O) groups excluding carboxylic acids is 1. The molecule has 5 nitrogen and oxygen atoms in total. The molecule has 0 bridgehead atoms. The number of ether oxygens (including phenoxy) is 2. The van der Waals surface area contributed by atoms with E-state index in [-0.39, 0.29) is 24.9 Å². The SMILES string of the molecule is COCCNCC(=O)NCc1ccc(F)c(COC)c1. The molecule has 0 radical (unpaired) electrons. The topological polar surface area (TPSA) is 59.6 Å². The summed E-state index contributed by atoms with van der Waals surface area (Å²) in [5.41, 5.74) is 1.32. The summed E-state index contributed by atoms with van der Waals surface area (Å²) in [6, 6.07) is 4.72. The third-order valence-corrected chi connectivity index (χ3v) is 2.67. The Hall–Kier alpha value is -1.50. The molecule has 0 aliphatic heterocycles. The molecule has 1 aromatic rings. The van der Waals surface area contributed by atoms with Crippen LogP contribution in [0, 0.1) is 5.82 Å². The van der Waals surface area contributed by atoms with Crippen LogP contribution in [0.5, 0.6) is 0 Å². The first-order valence-corrected chi connectivity index (χ1v) is 6.40. The number of hydrogen-bond donors (Lipinski definition) is 2. The van der Waals surface area contributed by atoms with Gasteiger partial charge in [0.1, 0.15) is 5.82 Å². The van der Waals surface area contributed by atoms with Gasteiger partial charge in [-0.25, -0.2) is 4.39 Å². The second-order valence-corrected chi connectivity index (χ2v) is 4.31. The first-order chi connectivity index (χ1) is 9.67. The third-order valence-electron chi connectivity index (χ3n) is 2.67. The van der Waals surface area contributed by atoms with Crippen molar-refractivity contribution >= 4 is 5.91 Å². The predicted molar refractivity (Wildman–Crippen MR) is 73.7 cm³/mol. The Labute approximate surface area is 118 Å². The smallest absolute Gasteiger partial charge is 0.234 e. The van der Waals surface area contributed by atoms with Crippen LogP contribution in [0.15, 0.2) is 18.2 Å². The van der Waals surface area contributed by atoms with E-state index in [9.17, 15) is 9.18 Å². The van der Waals surface area contributed by atoms with Gasteiger partial charge in [0.25, 0.3) is 0 Å². The van der Waals surface area contributed by atoms with Gasteiger partial charge < -0.3 is 20.1 Å². The number of methoxy groups -OCH3 is 2. The standard InChI is InChI=1S/C14H21FN2O3/c1-19-6-5-16-9-14(18)17-8-11-3-4-13(15)12(7-11)10-20-2/h3-4,7,16H,5-6,8-10H2,1-2H3,(H,17,18). The Kier molecular flexibility index (Phi) is 7.79. The fourth-order valence-corrected chi connectivity index (χ4v) is 1.64. The minimum absolute atomic E-state index is 0.112. The molecule has 2 N–H and O–H groups in total. The van der Waals surface area contributed by atoms with Gasteiger partial charge in [-0.2, -0.15) is 0 Å². The van der Waals surface area contributed by atoms with Gasteiger partial charge >= 0.3 is 0 Å². The zero-order chi connectivity index (χ0) is 14.8. The normalized spacial score (nSPS) is 10.6. The van der Waals surface area contributed by atoms with Crippen molar-refractivity contribution in [1.29, 1.82) is 0 Å². The minimum Gasteiger partial charge on any atom is -0.383 e. The van der Waals surface area contributed by atoms with E-state index in [0.717, 1.165) is 5.56 Å². The van der Waals surface area contributed by atoms with Crippen molar-refractivity contribution in [3.05, 3.63) is 35.1 Å². The molecule has 6 heteroatoms. The molecule has 0 heterocycles. The van der Waals surface area contributed by atoms with Gasteiger partial charge in [0.2, 0.25) is 5.91 Å². The molecule has 0 spiro atoms. The van der Waals surface area contributed by atoms with E-state index < -0.39 is 0 Å². The molecule has 1 amide bonds. The van der Waals surface area contributed by atoms with Gasteiger partial charge in [-0.1, -0.05) is 6.07 Å². The Morgan fingerprint density at radius 1 is 1.30 bits per heavy atom. The molecular formula is C14H21FN2O3. The summed E-state index contributed by atoms with van der Waals surface area (Å²) in [4.78, 5) is 11.5. The average molecular weight is 284 g/mol. The van der Waals surface area contributed by atoms with Crippen LogP contribution in [-0.2, 0) is 27.4 Å². The summed E-state index contributed by atoms with van der Waals surface area (Å²) < 4.78 is 23.2. The predicted octanol–water partition coefficient (Wildman–Crippen LogP) is 0.824. The zero-order valence-electron chi connectivity index (χ0n) is 11.9. The maximum atomic E-state index is 13.4. The molecule has 0 saturated carbocycles. The van der Waals surface area contributed by atoms with E-state index in [2.05, 4.69) is 10.6 Å². The highest BCUT2D eigenvalue weighted by atomic mass is 19.1. The van der Waals surface area contributed by atoms with Crippen LogP contribution in [-0.4, -0.2) is 39.8 Å². The highest BCUT2D eigenvalue weighted by Crippen LogP contribution is 2.11. The Balaban J connectivity index is 2.37. The molecule has 20 heavy (non-hydrogen) atoms. The number of amides is 1. The second-order valence-electron chi connectivity index (χ2n) is 4.31. The molecule has 1 aromatic carbocycles. The number of hydrogen-bond acceptors (Lipinski definition) is 4. The van der Waals surface area contributed by atoms with Crippen LogP contribution in [0.2, 0.25) is 0 Å². The Morgan fingerprint density at radius 3 is 2.80 bits per heavy atom. The van der Waals surface area contributed by atoms with Crippen LogP contribution in [0.1, 0.15) is 11.1 Å². The third kappa shape index (κ3) is 6.10. The first-order valence-electron chi connectivity index (χ1n) is 6.40. The highest BCUT2D eigenvalue weighted by Gasteiger charge is 2.05. The number of benzene rings is 1. The second kappa shape index (κ2) is 9.41. The number of rotatable bonds is 9. The highest BCUT2D eigenvalue weighted by molar-refractivity contribution is 5.77. The monoisotopic (exact) mass is 284 g/mol. The fraction of sp³-hybridized carbons (Fsp3) is 0.500. The molecule has 0 aromatic heterocycles. The minimum atomic E-state index is -0.303. The van der Waals surface area contributed by atoms with Crippen molar-refractivity contribution in [3.8, 4) is 0 Å². The van der Waals surface area contributed by atoms with E-state index in [1.807, 2.05) is 0 Å². The van der Waals surface area contributed by atoms with Gasteiger partial charge in [-0.05, 0) is 17.7 Å². The van der Waals surface area contributed by atoms with E-state index in [4.69, 9.17) is 9.47 Å². The Bertz CT molecular complexity index is 427. The van der Waals surface area contributed by atoms with E-state index >= 15 is 0 Å². The fourth-order valence-electron chi connectivity index (χ4n) is 1.64. The largest absolute Gasteiger partial charge is 0.383 e. The molecule has 0 unspecified atom stereocenters. The molecule has 112 valence electrons. The lowest BCUT2D eigenvalue weighted by molar-refractivity contribution is -0.120. The first kappa shape index (κ1) is 16.6. The van der Waals surface area contributed by atoms with E-state index in [1.165, 1.54) is 13.2 Å². The van der Waals surface area contributed by atoms with Gasteiger partial charge in [0, 0.05) is 32.9 Å². The quantitative estimate of drug-likeness (QED) is 0.659. The molecule has 0 aliphatic rings. The summed E-state index contributed by atoms with van der Waals surface area (Å²) >= 11 is 0. The van der Waals surface area contributed by atoms with Crippen molar-refractivity contribution in [2.24, 2.45) is 0 Å². The maximum absolute atomic E-state index is 13.4.